The zero-order valence-electron chi connectivity index (χ0n) is 15.9. The Balaban J connectivity index is 1.75. The lowest BCUT2D eigenvalue weighted by Crippen LogP contribution is -2.23. The van der Waals surface area contributed by atoms with Gasteiger partial charge in [-0.25, -0.2) is 18.1 Å². The Bertz CT molecular complexity index is 1100. The SMILES string of the molecule is COc1cc(CNS(=O)(=O)c2ccc(CNC(C)=O)s2)nc(-c2ccccn2)c1. The van der Waals surface area contributed by atoms with Crippen molar-refractivity contribution in [2.24, 2.45) is 0 Å². The molecule has 0 bridgehead atoms. The molecule has 1 amide bonds. The van der Waals surface area contributed by atoms with Gasteiger partial charge in [0.25, 0.3) is 0 Å². The van der Waals surface area contributed by atoms with Crippen molar-refractivity contribution in [2.75, 3.05) is 7.11 Å². The molecule has 0 saturated heterocycles. The molecule has 0 aliphatic rings. The number of pyridine rings is 2. The first-order valence-corrected chi connectivity index (χ1v) is 11.0. The van der Waals surface area contributed by atoms with Gasteiger partial charge in [0.15, 0.2) is 0 Å². The summed E-state index contributed by atoms with van der Waals surface area (Å²) in [5.74, 6) is 0.386. The lowest BCUT2D eigenvalue weighted by atomic mass is 10.2. The van der Waals surface area contributed by atoms with Crippen molar-refractivity contribution in [1.82, 2.24) is 20.0 Å². The number of hydrogen-bond acceptors (Lipinski definition) is 7. The van der Waals surface area contributed by atoms with Crippen molar-refractivity contribution in [3.05, 3.63) is 59.2 Å². The maximum Gasteiger partial charge on any atom is 0.250 e. The van der Waals surface area contributed by atoms with E-state index in [1.807, 2.05) is 12.1 Å². The maximum absolute atomic E-state index is 12.6. The van der Waals surface area contributed by atoms with Crippen molar-refractivity contribution in [1.29, 1.82) is 0 Å². The molecule has 0 radical (unpaired) electrons. The number of carbonyl (C=O) groups is 1. The second-order valence-electron chi connectivity index (χ2n) is 6.05. The number of methoxy groups -OCH3 is 1. The molecule has 29 heavy (non-hydrogen) atoms. The van der Waals surface area contributed by atoms with E-state index in [0.717, 1.165) is 16.2 Å². The van der Waals surface area contributed by atoms with Crippen LogP contribution in [0.1, 0.15) is 17.5 Å². The summed E-state index contributed by atoms with van der Waals surface area (Å²) in [4.78, 5) is 20.5. The van der Waals surface area contributed by atoms with E-state index < -0.39 is 10.0 Å². The predicted octanol–water partition coefficient (Wildman–Crippen LogP) is 2.33. The molecule has 152 valence electrons. The smallest absolute Gasteiger partial charge is 0.250 e. The topological polar surface area (TPSA) is 110 Å². The molecule has 0 atom stereocenters. The minimum Gasteiger partial charge on any atom is -0.497 e. The summed E-state index contributed by atoms with van der Waals surface area (Å²) in [5, 5.41) is 2.65. The van der Waals surface area contributed by atoms with Crippen LogP contribution in [0.4, 0.5) is 0 Å². The summed E-state index contributed by atoms with van der Waals surface area (Å²) in [6.07, 6.45) is 1.66. The molecule has 3 aromatic rings. The number of aromatic nitrogens is 2. The van der Waals surface area contributed by atoms with E-state index in [0.29, 0.717) is 29.4 Å². The zero-order valence-corrected chi connectivity index (χ0v) is 17.5. The van der Waals surface area contributed by atoms with E-state index in [-0.39, 0.29) is 16.7 Å². The number of carbonyl (C=O) groups excluding carboxylic acids is 1. The van der Waals surface area contributed by atoms with E-state index in [2.05, 4.69) is 20.0 Å². The van der Waals surface area contributed by atoms with E-state index in [1.54, 1.807) is 30.5 Å². The summed E-state index contributed by atoms with van der Waals surface area (Å²) in [6, 6.07) is 12.1. The second-order valence-corrected chi connectivity index (χ2v) is 9.22. The number of hydrogen-bond donors (Lipinski definition) is 2. The van der Waals surface area contributed by atoms with Gasteiger partial charge in [0.05, 0.1) is 37.3 Å². The van der Waals surface area contributed by atoms with E-state index in [1.165, 1.54) is 20.1 Å². The zero-order chi connectivity index (χ0) is 20.9. The highest BCUT2D eigenvalue weighted by molar-refractivity contribution is 7.91. The standard InChI is InChI=1S/C19H20N4O4S2/c1-13(24)21-12-16-6-7-19(28-16)29(25,26)22-11-14-9-15(27-2)10-18(23-14)17-5-3-4-8-20-17/h3-10,22H,11-12H2,1-2H3,(H,21,24). The molecule has 3 aromatic heterocycles. The van der Waals surface area contributed by atoms with Crippen LogP contribution in [-0.4, -0.2) is 31.4 Å². The van der Waals surface area contributed by atoms with Gasteiger partial charge in [0.2, 0.25) is 15.9 Å². The first-order valence-electron chi connectivity index (χ1n) is 8.66. The first-order chi connectivity index (χ1) is 13.9. The van der Waals surface area contributed by atoms with Crippen LogP contribution in [0.15, 0.2) is 52.9 Å². The van der Waals surface area contributed by atoms with Gasteiger partial charge >= 0.3 is 0 Å². The van der Waals surface area contributed by atoms with Gasteiger partial charge in [-0.15, -0.1) is 11.3 Å². The maximum atomic E-state index is 12.6. The molecule has 0 saturated carbocycles. The molecule has 10 heteroatoms. The van der Waals surface area contributed by atoms with Crippen molar-refractivity contribution < 1.29 is 17.9 Å². The molecule has 3 heterocycles. The van der Waals surface area contributed by atoms with Crippen LogP contribution in [-0.2, 0) is 27.9 Å². The third-order valence-electron chi connectivity index (χ3n) is 3.87. The highest BCUT2D eigenvalue weighted by atomic mass is 32.2. The Hall–Kier alpha value is -2.82. The molecule has 0 aliphatic heterocycles. The summed E-state index contributed by atoms with van der Waals surface area (Å²) in [7, 11) is -2.18. The number of nitrogens with zero attached hydrogens (tertiary/aromatic N) is 2. The minimum atomic E-state index is -3.71. The van der Waals surface area contributed by atoms with Crippen LogP contribution in [0.5, 0.6) is 5.75 Å². The Labute approximate surface area is 173 Å². The van der Waals surface area contributed by atoms with E-state index >= 15 is 0 Å². The Morgan fingerprint density at radius 2 is 1.97 bits per heavy atom. The van der Waals surface area contributed by atoms with Crippen LogP contribution in [0.25, 0.3) is 11.4 Å². The molecule has 0 aromatic carbocycles. The van der Waals surface area contributed by atoms with Crippen molar-refractivity contribution >= 4 is 27.3 Å². The van der Waals surface area contributed by atoms with E-state index in [4.69, 9.17) is 4.74 Å². The number of amides is 1. The van der Waals surface area contributed by atoms with Gasteiger partial charge in [0, 0.05) is 30.1 Å². The van der Waals surface area contributed by atoms with Crippen LogP contribution < -0.4 is 14.8 Å². The number of nitrogens with one attached hydrogen (secondary N) is 2. The third kappa shape index (κ3) is 5.59. The fourth-order valence-corrected chi connectivity index (χ4v) is 4.80. The van der Waals surface area contributed by atoms with Crippen molar-refractivity contribution in [3.63, 3.8) is 0 Å². The first kappa shape index (κ1) is 20.9. The van der Waals surface area contributed by atoms with Crippen molar-refractivity contribution in [2.45, 2.75) is 24.2 Å². The summed E-state index contributed by atoms with van der Waals surface area (Å²) in [5.41, 5.74) is 1.76. The fraction of sp³-hybridized carbons (Fsp3) is 0.211. The average molecular weight is 433 g/mol. The normalized spacial score (nSPS) is 11.2. The third-order valence-corrected chi connectivity index (χ3v) is 6.85. The number of sulfonamides is 1. The Morgan fingerprint density at radius 1 is 1.14 bits per heavy atom. The number of ether oxygens (including phenoxy) is 1. The van der Waals surface area contributed by atoms with Gasteiger partial charge in [-0.3, -0.25) is 9.78 Å². The summed E-state index contributed by atoms with van der Waals surface area (Å²) < 4.78 is 33.2. The van der Waals surface area contributed by atoms with Gasteiger partial charge in [0.1, 0.15) is 9.96 Å². The lowest BCUT2D eigenvalue weighted by Gasteiger charge is -2.09. The number of thiophene rings is 1. The Morgan fingerprint density at radius 3 is 2.66 bits per heavy atom. The molecule has 0 unspecified atom stereocenters. The second kappa shape index (κ2) is 9.12. The van der Waals surface area contributed by atoms with Crippen LogP contribution in [0.3, 0.4) is 0 Å². The molecule has 0 spiro atoms. The molecule has 0 fully saturated rings. The van der Waals surface area contributed by atoms with Gasteiger partial charge < -0.3 is 10.1 Å². The highest BCUT2D eigenvalue weighted by Crippen LogP contribution is 2.23. The predicted molar refractivity (Wildman–Crippen MR) is 110 cm³/mol. The average Bonchev–Trinajstić information content (AvgIpc) is 3.21. The van der Waals surface area contributed by atoms with Crippen LogP contribution >= 0.6 is 11.3 Å². The molecule has 2 N–H and O–H groups in total. The molecule has 3 rings (SSSR count). The van der Waals surface area contributed by atoms with Crippen LogP contribution in [0.2, 0.25) is 0 Å². The van der Waals surface area contributed by atoms with Gasteiger partial charge in [-0.2, -0.15) is 0 Å². The summed E-state index contributed by atoms with van der Waals surface area (Å²) in [6.45, 7) is 1.70. The molecular formula is C19H20N4O4S2. The quantitative estimate of drug-likeness (QED) is 0.565. The molecular weight excluding hydrogens is 412 g/mol. The van der Waals surface area contributed by atoms with Crippen molar-refractivity contribution in [3.8, 4) is 17.1 Å². The fourth-order valence-electron chi connectivity index (χ4n) is 2.46. The van der Waals surface area contributed by atoms with Crippen LogP contribution in [0, 0.1) is 0 Å². The minimum absolute atomic E-state index is 0.00169. The Kier molecular flexibility index (Phi) is 6.57. The number of rotatable bonds is 8. The monoisotopic (exact) mass is 432 g/mol. The summed E-state index contributed by atoms with van der Waals surface area (Å²) >= 11 is 1.10. The highest BCUT2D eigenvalue weighted by Gasteiger charge is 2.17. The largest absolute Gasteiger partial charge is 0.497 e. The van der Waals surface area contributed by atoms with Gasteiger partial charge in [-0.1, -0.05) is 6.07 Å². The lowest BCUT2D eigenvalue weighted by molar-refractivity contribution is -0.119. The molecule has 0 aliphatic carbocycles. The van der Waals surface area contributed by atoms with E-state index in [9.17, 15) is 13.2 Å². The molecule has 8 nitrogen and oxygen atoms in total. The van der Waals surface area contributed by atoms with Gasteiger partial charge in [-0.05, 0) is 24.3 Å².